The van der Waals surface area contributed by atoms with Crippen LogP contribution in [0.5, 0.6) is 5.75 Å². The molecular formula is C22H23N3O2. The number of methoxy groups -OCH3 is 1. The van der Waals surface area contributed by atoms with Crippen LogP contribution in [0.1, 0.15) is 25.1 Å². The van der Waals surface area contributed by atoms with E-state index >= 15 is 0 Å². The molecule has 0 spiro atoms. The standard InChI is InChI=1S/C22H23N3O2/c1-26-18-9-7-17(8-10-18)25-21(14-16-13-19-11-12-20(16)27-19)23-22(24-25)15-5-3-2-4-6-15/h2-10,16,19-20H,11-14H2,1H3. The van der Waals surface area contributed by atoms with Crippen molar-refractivity contribution in [1.29, 1.82) is 0 Å². The van der Waals surface area contributed by atoms with Gasteiger partial charge < -0.3 is 9.47 Å². The van der Waals surface area contributed by atoms with E-state index in [9.17, 15) is 0 Å². The highest BCUT2D eigenvalue weighted by atomic mass is 16.5. The van der Waals surface area contributed by atoms with Crippen LogP contribution in [0.25, 0.3) is 17.1 Å². The number of hydrogen-bond acceptors (Lipinski definition) is 4. The zero-order chi connectivity index (χ0) is 18.2. The van der Waals surface area contributed by atoms with Crippen LogP contribution in [0, 0.1) is 5.92 Å². The normalized spacial score (nSPS) is 23.7. The highest BCUT2D eigenvalue weighted by Crippen LogP contribution is 2.40. The van der Waals surface area contributed by atoms with E-state index in [0.29, 0.717) is 18.1 Å². The van der Waals surface area contributed by atoms with E-state index in [1.807, 2.05) is 47.1 Å². The van der Waals surface area contributed by atoms with Gasteiger partial charge in [0.15, 0.2) is 5.82 Å². The molecule has 3 unspecified atom stereocenters. The summed E-state index contributed by atoms with van der Waals surface area (Å²) in [4.78, 5) is 4.91. The van der Waals surface area contributed by atoms with Crippen LogP contribution in [-0.4, -0.2) is 34.1 Å². The van der Waals surface area contributed by atoms with E-state index < -0.39 is 0 Å². The maximum atomic E-state index is 6.05. The van der Waals surface area contributed by atoms with Crippen molar-refractivity contribution in [2.45, 2.75) is 37.9 Å². The van der Waals surface area contributed by atoms with Crippen molar-refractivity contribution in [2.75, 3.05) is 7.11 Å². The van der Waals surface area contributed by atoms with E-state index in [4.69, 9.17) is 19.6 Å². The molecule has 0 saturated carbocycles. The summed E-state index contributed by atoms with van der Waals surface area (Å²) in [5.41, 5.74) is 2.04. The average molecular weight is 361 g/mol. The molecule has 0 N–H and O–H groups in total. The van der Waals surface area contributed by atoms with Crippen LogP contribution in [0.15, 0.2) is 54.6 Å². The molecule has 27 heavy (non-hydrogen) atoms. The number of nitrogens with zero attached hydrogens (tertiary/aromatic N) is 3. The summed E-state index contributed by atoms with van der Waals surface area (Å²) in [6.45, 7) is 0. The predicted molar refractivity (Wildman–Crippen MR) is 103 cm³/mol. The second-order valence-corrected chi connectivity index (χ2v) is 7.40. The van der Waals surface area contributed by atoms with Crippen LogP contribution in [-0.2, 0) is 11.2 Å². The molecule has 5 rings (SSSR count). The summed E-state index contributed by atoms with van der Waals surface area (Å²) in [6, 6.07) is 18.1. The molecule has 3 aromatic rings. The first-order valence-corrected chi connectivity index (χ1v) is 9.61. The third-order valence-electron chi connectivity index (χ3n) is 5.70. The molecule has 2 aromatic carbocycles. The van der Waals surface area contributed by atoms with Crippen LogP contribution < -0.4 is 4.74 Å². The van der Waals surface area contributed by atoms with E-state index in [1.54, 1.807) is 7.11 Å². The molecule has 5 heteroatoms. The molecule has 5 nitrogen and oxygen atoms in total. The van der Waals surface area contributed by atoms with Gasteiger partial charge in [-0.3, -0.25) is 0 Å². The molecule has 0 amide bonds. The zero-order valence-corrected chi connectivity index (χ0v) is 15.4. The maximum absolute atomic E-state index is 6.05. The molecule has 3 heterocycles. The first kappa shape index (κ1) is 16.5. The Morgan fingerprint density at radius 2 is 1.89 bits per heavy atom. The summed E-state index contributed by atoms with van der Waals surface area (Å²) >= 11 is 0. The first-order valence-electron chi connectivity index (χ1n) is 9.61. The number of hydrogen-bond donors (Lipinski definition) is 0. The molecule has 138 valence electrons. The predicted octanol–water partition coefficient (Wildman–Crippen LogP) is 4.05. The van der Waals surface area contributed by atoms with Crippen LogP contribution in [0.3, 0.4) is 0 Å². The number of benzene rings is 2. The number of aromatic nitrogens is 3. The average Bonchev–Trinajstić information content (AvgIpc) is 3.45. The Bertz CT molecular complexity index is 920. The second kappa shape index (κ2) is 6.82. The fourth-order valence-electron chi connectivity index (χ4n) is 4.31. The lowest BCUT2D eigenvalue weighted by Crippen LogP contribution is -2.20. The Balaban J connectivity index is 1.51. The number of ether oxygens (including phenoxy) is 2. The summed E-state index contributed by atoms with van der Waals surface area (Å²) in [5.74, 6) is 3.14. The first-order chi connectivity index (χ1) is 13.3. The smallest absolute Gasteiger partial charge is 0.181 e. The summed E-state index contributed by atoms with van der Waals surface area (Å²) in [6.07, 6.45) is 5.26. The van der Waals surface area contributed by atoms with Crippen molar-refractivity contribution in [2.24, 2.45) is 5.92 Å². The van der Waals surface area contributed by atoms with Gasteiger partial charge in [-0.15, -0.1) is 5.10 Å². The van der Waals surface area contributed by atoms with Gasteiger partial charge in [-0.25, -0.2) is 9.67 Å². The van der Waals surface area contributed by atoms with E-state index in [1.165, 1.54) is 12.8 Å². The van der Waals surface area contributed by atoms with Crippen LogP contribution in [0.4, 0.5) is 0 Å². The zero-order valence-electron chi connectivity index (χ0n) is 15.4. The molecule has 2 aliphatic heterocycles. The summed E-state index contributed by atoms with van der Waals surface area (Å²) in [5, 5.41) is 4.83. The molecule has 1 aromatic heterocycles. The highest BCUT2D eigenvalue weighted by molar-refractivity contribution is 5.55. The van der Waals surface area contributed by atoms with Gasteiger partial charge >= 0.3 is 0 Å². The molecule has 2 fully saturated rings. The van der Waals surface area contributed by atoms with Gasteiger partial charge in [-0.1, -0.05) is 30.3 Å². The monoisotopic (exact) mass is 361 g/mol. The molecule has 0 radical (unpaired) electrons. The lowest BCUT2D eigenvalue weighted by molar-refractivity contribution is 0.0922. The fourth-order valence-corrected chi connectivity index (χ4v) is 4.31. The van der Waals surface area contributed by atoms with Gasteiger partial charge in [-0.05, 0) is 49.4 Å². The van der Waals surface area contributed by atoms with Crippen molar-refractivity contribution in [3.05, 3.63) is 60.4 Å². The summed E-state index contributed by atoms with van der Waals surface area (Å²) in [7, 11) is 1.68. The van der Waals surface area contributed by atoms with Gasteiger partial charge in [0.25, 0.3) is 0 Å². The van der Waals surface area contributed by atoms with Crippen molar-refractivity contribution in [1.82, 2.24) is 14.8 Å². The lowest BCUT2D eigenvalue weighted by Gasteiger charge is -2.18. The van der Waals surface area contributed by atoms with Crippen LogP contribution in [0.2, 0.25) is 0 Å². The number of fused-ring (bicyclic) bond motifs is 2. The topological polar surface area (TPSA) is 49.2 Å². The Kier molecular flexibility index (Phi) is 4.17. The summed E-state index contributed by atoms with van der Waals surface area (Å²) < 4.78 is 13.3. The Morgan fingerprint density at radius 3 is 2.56 bits per heavy atom. The Morgan fingerprint density at radius 1 is 1.07 bits per heavy atom. The van der Waals surface area contributed by atoms with Crippen molar-refractivity contribution < 1.29 is 9.47 Å². The largest absolute Gasteiger partial charge is 0.497 e. The minimum absolute atomic E-state index is 0.385. The minimum atomic E-state index is 0.385. The molecule has 2 aliphatic rings. The molecule has 3 atom stereocenters. The maximum Gasteiger partial charge on any atom is 0.181 e. The SMILES string of the molecule is COc1ccc(-n2nc(-c3ccccc3)nc2CC2CC3CCC2O3)cc1. The third-order valence-corrected chi connectivity index (χ3v) is 5.70. The van der Waals surface area contributed by atoms with Crippen molar-refractivity contribution in [3.63, 3.8) is 0 Å². The molecule has 0 aliphatic carbocycles. The molecule has 2 bridgehead atoms. The van der Waals surface area contributed by atoms with Gasteiger partial charge in [0.1, 0.15) is 11.6 Å². The highest BCUT2D eigenvalue weighted by Gasteiger charge is 2.41. The van der Waals surface area contributed by atoms with Gasteiger partial charge in [0.05, 0.1) is 25.0 Å². The number of rotatable bonds is 5. The van der Waals surface area contributed by atoms with E-state index in [-0.39, 0.29) is 0 Å². The lowest BCUT2D eigenvalue weighted by atomic mass is 9.87. The Hall–Kier alpha value is -2.66. The quantitative estimate of drug-likeness (QED) is 0.688. The Labute approximate surface area is 159 Å². The van der Waals surface area contributed by atoms with Crippen molar-refractivity contribution in [3.8, 4) is 22.8 Å². The van der Waals surface area contributed by atoms with Gasteiger partial charge in [-0.2, -0.15) is 0 Å². The second-order valence-electron chi connectivity index (χ2n) is 7.40. The van der Waals surface area contributed by atoms with E-state index in [2.05, 4.69) is 12.1 Å². The van der Waals surface area contributed by atoms with Gasteiger partial charge in [0.2, 0.25) is 0 Å². The minimum Gasteiger partial charge on any atom is -0.497 e. The molecular weight excluding hydrogens is 338 g/mol. The van der Waals surface area contributed by atoms with Crippen LogP contribution >= 0.6 is 0 Å². The van der Waals surface area contributed by atoms with Gasteiger partial charge in [0, 0.05) is 12.0 Å². The fraction of sp³-hybridized carbons (Fsp3) is 0.364. The van der Waals surface area contributed by atoms with Crippen molar-refractivity contribution >= 4 is 0 Å². The van der Waals surface area contributed by atoms with E-state index in [0.717, 1.165) is 41.5 Å². The third kappa shape index (κ3) is 3.12. The molecule has 2 saturated heterocycles.